The number of phenols is 1. The van der Waals surface area contributed by atoms with Crippen LogP contribution in [0.15, 0.2) is 42.5 Å². The van der Waals surface area contributed by atoms with Crippen LogP contribution >= 0.6 is 0 Å². The summed E-state index contributed by atoms with van der Waals surface area (Å²) in [5, 5.41) is 20.1. The fourth-order valence-electron chi connectivity index (χ4n) is 3.22. The van der Waals surface area contributed by atoms with Gasteiger partial charge in [0.2, 0.25) is 0 Å². The zero-order valence-corrected chi connectivity index (χ0v) is 17.5. The molecule has 0 fully saturated rings. The summed E-state index contributed by atoms with van der Waals surface area (Å²) >= 11 is 0. The Morgan fingerprint density at radius 3 is 2.39 bits per heavy atom. The molecule has 4 rings (SSSR count). The van der Waals surface area contributed by atoms with E-state index in [1.807, 2.05) is 29.2 Å². The highest BCUT2D eigenvalue weighted by molar-refractivity contribution is 5.94. The Kier molecular flexibility index (Phi) is 4.98. The molecule has 9 nitrogen and oxygen atoms in total. The van der Waals surface area contributed by atoms with E-state index in [1.54, 1.807) is 29.1 Å². The number of hydrogen-bond donors (Lipinski definition) is 2. The van der Waals surface area contributed by atoms with Gasteiger partial charge < -0.3 is 19.7 Å². The summed E-state index contributed by atoms with van der Waals surface area (Å²) in [6.45, 7) is 8.26. The molecule has 0 spiro atoms. The van der Waals surface area contributed by atoms with Crippen molar-refractivity contribution < 1.29 is 29.3 Å². The van der Waals surface area contributed by atoms with Crippen molar-refractivity contribution >= 4 is 23.0 Å². The molecule has 0 radical (unpaired) electrons. The van der Waals surface area contributed by atoms with Crippen LogP contribution in [0, 0.1) is 13.8 Å². The Balaban J connectivity index is 1.45. The van der Waals surface area contributed by atoms with Crippen LogP contribution in [0.25, 0.3) is 16.7 Å². The highest BCUT2D eigenvalue weighted by Crippen LogP contribution is 2.32. The first-order valence-corrected chi connectivity index (χ1v) is 9.71. The molecule has 9 heteroatoms. The van der Waals surface area contributed by atoms with Crippen LogP contribution in [0.5, 0.6) is 5.75 Å². The molecule has 2 aromatic heterocycles. The van der Waals surface area contributed by atoms with Crippen LogP contribution in [0.1, 0.15) is 28.4 Å². The third-order valence-corrected chi connectivity index (χ3v) is 5.12. The summed E-state index contributed by atoms with van der Waals surface area (Å²) in [4.78, 5) is 25.5. The molecule has 0 amide bonds. The monoisotopic (exact) mass is 425 g/mol. The average Bonchev–Trinajstić information content (AvgIpc) is 3.39. The molecule has 0 saturated carbocycles. The maximum absolute atomic E-state index is 12.4. The molecule has 4 aromatic rings. The number of rotatable bonds is 7. The normalized spacial score (nSPS) is 12.5. The molecule has 1 atom stereocenters. The number of benzene rings is 2. The zero-order valence-electron chi connectivity index (χ0n) is 17.5. The molecule has 1 unspecified atom stereocenters. The third-order valence-electron chi connectivity index (χ3n) is 5.12. The van der Waals surface area contributed by atoms with E-state index >= 15 is 0 Å². The first-order chi connectivity index (χ1) is 14.7. The largest absolute Gasteiger partial charge is 0.506 e. The van der Waals surface area contributed by atoms with Gasteiger partial charge in [0.25, 0.3) is 0 Å². The Hall–Kier alpha value is -3.72. The molecule has 0 saturated heterocycles. The lowest BCUT2D eigenvalue weighted by molar-refractivity contribution is -0.142. The molecule has 0 aliphatic rings. The van der Waals surface area contributed by atoms with Gasteiger partial charge in [-0.3, -0.25) is 0 Å². The summed E-state index contributed by atoms with van der Waals surface area (Å²) in [7, 11) is 0. The van der Waals surface area contributed by atoms with E-state index in [0.29, 0.717) is 11.3 Å². The zero-order chi connectivity index (χ0) is 22.4. The van der Waals surface area contributed by atoms with Gasteiger partial charge in [-0.1, -0.05) is 6.58 Å². The summed E-state index contributed by atoms with van der Waals surface area (Å²) in [6, 6.07) is 8.71. The van der Waals surface area contributed by atoms with Crippen molar-refractivity contribution in [3.8, 4) is 11.4 Å². The average molecular weight is 425 g/mol. The minimum Gasteiger partial charge on any atom is -0.506 e. The van der Waals surface area contributed by atoms with E-state index < -0.39 is 18.0 Å². The van der Waals surface area contributed by atoms with Crippen molar-refractivity contribution in [2.24, 2.45) is 0 Å². The van der Waals surface area contributed by atoms with Crippen molar-refractivity contribution in [3.63, 3.8) is 0 Å². The van der Waals surface area contributed by atoms with Gasteiger partial charge in [-0.25, -0.2) is 9.59 Å². The van der Waals surface area contributed by atoms with Gasteiger partial charge in [0.05, 0.1) is 5.56 Å². The standard InChI is InChI=1S/C22H23N3O6/c1-12(2)21(28)30-10-16(26)11-31-22(29)15-5-6-17-18(9-15)24-23(17)25(24)19-7-13(3)14(4)8-20(19)27/h5-9,16,26-27H,1,10-11H2,2-4H3. The molecule has 0 aliphatic heterocycles. The number of fused-ring (bicyclic) bond motifs is 4. The first-order valence-electron chi connectivity index (χ1n) is 9.71. The SMILES string of the molecule is C=C(C)C(=O)OCC(O)COC(=O)c1ccc2c(c1)n1n(-c3cc(C)c(C)cc3O)n21. The van der Waals surface area contributed by atoms with Crippen LogP contribution in [0.2, 0.25) is 0 Å². The van der Waals surface area contributed by atoms with E-state index in [9.17, 15) is 19.8 Å². The van der Waals surface area contributed by atoms with E-state index in [1.165, 1.54) is 6.92 Å². The number of esters is 2. The Morgan fingerprint density at radius 2 is 1.68 bits per heavy atom. The number of nitrogens with zero attached hydrogens (tertiary/aromatic N) is 3. The lowest BCUT2D eigenvalue weighted by Gasteiger charge is -2.12. The predicted octanol–water partition coefficient (Wildman–Crippen LogP) is 2.38. The first kappa shape index (κ1) is 20.5. The van der Waals surface area contributed by atoms with E-state index in [2.05, 4.69) is 6.58 Å². The molecule has 162 valence electrons. The summed E-state index contributed by atoms with van der Waals surface area (Å²) < 4.78 is 13.6. The van der Waals surface area contributed by atoms with Gasteiger partial charge in [0, 0.05) is 5.57 Å². The highest BCUT2D eigenvalue weighted by atomic mass is 16.6. The van der Waals surface area contributed by atoms with Gasteiger partial charge in [0.1, 0.15) is 41.8 Å². The minimum atomic E-state index is -1.13. The molecule has 2 heterocycles. The minimum absolute atomic E-state index is 0.171. The van der Waals surface area contributed by atoms with Gasteiger partial charge >= 0.3 is 11.9 Å². The Labute approximate surface area is 177 Å². The second-order valence-electron chi connectivity index (χ2n) is 7.63. The highest BCUT2D eigenvalue weighted by Gasteiger charge is 2.27. The van der Waals surface area contributed by atoms with Crippen molar-refractivity contribution in [2.75, 3.05) is 13.2 Å². The molecule has 0 aliphatic carbocycles. The van der Waals surface area contributed by atoms with Gasteiger partial charge in [-0.2, -0.15) is 0 Å². The molecular formula is C22H23N3O6. The van der Waals surface area contributed by atoms with E-state index in [0.717, 1.165) is 22.2 Å². The van der Waals surface area contributed by atoms with Gasteiger partial charge in [0.15, 0.2) is 0 Å². The number of aliphatic hydroxyl groups is 1. The number of phenolic OH excluding ortho intramolecular Hbond substituents is 1. The van der Waals surface area contributed by atoms with Crippen LogP contribution < -0.4 is 0 Å². The van der Waals surface area contributed by atoms with E-state index in [-0.39, 0.29) is 24.5 Å². The number of aryl methyl sites for hydroxylation is 2. The number of ether oxygens (including phenoxy) is 2. The number of aliphatic hydroxyl groups excluding tert-OH is 1. The topological polar surface area (TPSA) is 107 Å². The van der Waals surface area contributed by atoms with Crippen LogP contribution in [-0.4, -0.2) is 55.5 Å². The fraction of sp³-hybridized carbons (Fsp3) is 0.273. The quantitative estimate of drug-likeness (QED) is 0.348. The third kappa shape index (κ3) is 3.64. The number of aromatic nitrogens is 3. The number of carbonyl (C=O) groups is 2. The van der Waals surface area contributed by atoms with E-state index in [4.69, 9.17) is 9.47 Å². The molecule has 31 heavy (non-hydrogen) atoms. The molecule has 2 aromatic carbocycles. The molecule has 2 N–H and O–H groups in total. The second-order valence-corrected chi connectivity index (χ2v) is 7.63. The van der Waals surface area contributed by atoms with Gasteiger partial charge in [-0.05, 0) is 62.2 Å². The number of aromatic hydroxyl groups is 1. The molecule has 0 bridgehead atoms. The lowest BCUT2D eigenvalue weighted by atomic mass is 10.1. The maximum atomic E-state index is 12.4. The van der Waals surface area contributed by atoms with Crippen LogP contribution in [0.3, 0.4) is 0 Å². The van der Waals surface area contributed by atoms with Crippen molar-refractivity contribution in [2.45, 2.75) is 26.9 Å². The Morgan fingerprint density at radius 1 is 1.03 bits per heavy atom. The van der Waals surface area contributed by atoms with Crippen molar-refractivity contribution in [1.29, 1.82) is 0 Å². The van der Waals surface area contributed by atoms with Crippen LogP contribution in [0.4, 0.5) is 0 Å². The van der Waals surface area contributed by atoms with Crippen molar-refractivity contribution in [1.82, 2.24) is 14.1 Å². The predicted molar refractivity (Wildman–Crippen MR) is 112 cm³/mol. The second kappa shape index (κ2) is 7.51. The lowest BCUT2D eigenvalue weighted by Crippen LogP contribution is -2.25. The number of hydrogen-bond acceptors (Lipinski definition) is 6. The van der Waals surface area contributed by atoms with Crippen LogP contribution in [-0.2, 0) is 14.3 Å². The van der Waals surface area contributed by atoms with Crippen molar-refractivity contribution in [3.05, 3.63) is 59.2 Å². The fourth-order valence-corrected chi connectivity index (χ4v) is 3.22. The smallest absolute Gasteiger partial charge is 0.338 e. The maximum Gasteiger partial charge on any atom is 0.338 e. The van der Waals surface area contributed by atoms with Gasteiger partial charge in [-0.15, -0.1) is 14.1 Å². The summed E-state index contributed by atoms with van der Waals surface area (Å²) in [5.41, 5.74) is 4.93. The molecular weight excluding hydrogens is 402 g/mol. The number of carbonyl (C=O) groups excluding carboxylic acids is 2. The summed E-state index contributed by atoms with van der Waals surface area (Å²) in [5.74, 6) is -1.05. The summed E-state index contributed by atoms with van der Waals surface area (Å²) in [6.07, 6.45) is -1.13. The Bertz CT molecular complexity index is 1310.